The number of halogens is 1. The Hall–Kier alpha value is -0.930. The molecule has 0 radical (unpaired) electrons. The molecule has 0 aromatic heterocycles. The van der Waals surface area contributed by atoms with E-state index in [4.69, 9.17) is 4.74 Å². The molecule has 0 amide bonds. The molecule has 2 fully saturated rings. The minimum absolute atomic E-state index is 0.137. The molecule has 0 aliphatic carbocycles. The predicted octanol–water partition coefficient (Wildman–Crippen LogP) is 2.50. The van der Waals surface area contributed by atoms with Crippen LogP contribution in [-0.4, -0.2) is 30.2 Å². The second kappa shape index (κ2) is 4.39. The lowest BCUT2D eigenvalue weighted by Crippen LogP contribution is -2.42. The maximum absolute atomic E-state index is 13.2. The first kappa shape index (κ1) is 11.2. The number of benzene rings is 1. The topological polar surface area (TPSA) is 12.5 Å². The Morgan fingerprint density at radius 1 is 1.29 bits per heavy atom. The zero-order valence-electron chi connectivity index (χ0n) is 10.2. The second-order valence-corrected chi connectivity index (χ2v) is 5.22. The van der Waals surface area contributed by atoms with Gasteiger partial charge in [-0.3, -0.25) is 4.90 Å². The summed E-state index contributed by atoms with van der Waals surface area (Å²) in [6, 6.07) is 5.05. The van der Waals surface area contributed by atoms with Crippen LogP contribution in [0.1, 0.15) is 24.0 Å². The van der Waals surface area contributed by atoms with Crippen molar-refractivity contribution in [1.29, 1.82) is 0 Å². The molecule has 3 rings (SSSR count). The number of aryl methyl sites for hydroxylation is 1. The number of hydrogen-bond acceptors (Lipinski definition) is 2. The summed E-state index contributed by atoms with van der Waals surface area (Å²) < 4.78 is 19.0. The summed E-state index contributed by atoms with van der Waals surface area (Å²) in [6.07, 6.45) is 3.18. The number of ether oxygens (including phenoxy) is 1. The van der Waals surface area contributed by atoms with Gasteiger partial charge < -0.3 is 4.74 Å². The van der Waals surface area contributed by atoms with Gasteiger partial charge in [-0.15, -0.1) is 0 Å². The Balaban J connectivity index is 1.72. The van der Waals surface area contributed by atoms with Crippen molar-refractivity contribution >= 4 is 0 Å². The van der Waals surface area contributed by atoms with Crippen LogP contribution >= 0.6 is 0 Å². The molecule has 0 unspecified atom stereocenters. The Morgan fingerprint density at radius 3 is 2.71 bits per heavy atom. The summed E-state index contributed by atoms with van der Waals surface area (Å²) in [5.41, 5.74) is 2.27. The number of hydrogen-bond donors (Lipinski definition) is 0. The molecule has 2 heterocycles. The number of nitrogens with zero attached hydrogens (tertiary/aromatic N) is 1. The van der Waals surface area contributed by atoms with Crippen LogP contribution in [0, 0.1) is 12.7 Å². The monoisotopic (exact) mass is 235 g/mol. The molecule has 2 nitrogen and oxygen atoms in total. The van der Waals surface area contributed by atoms with Gasteiger partial charge >= 0.3 is 0 Å². The van der Waals surface area contributed by atoms with Crippen molar-refractivity contribution in [3.05, 3.63) is 35.1 Å². The highest BCUT2D eigenvalue weighted by Crippen LogP contribution is 2.27. The zero-order chi connectivity index (χ0) is 11.8. The lowest BCUT2D eigenvalue weighted by molar-refractivity contribution is -0.0411. The Labute approximate surface area is 101 Å². The van der Waals surface area contributed by atoms with E-state index in [0.29, 0.717) is 12.2 Å². The average molecular weight is 235 g/mol. The van der Waals surface area contributed by atoms with Crippen LogP contribution in [0.15, 0.2) is 18.2 Å². The van der Waals surface area contributed by atoms with Crippen molar-refractivity contribution in [3.8, 4) is 0 Å². The minimum Gasteiger partial charge on any atom is -0.372 e. The largest absolute Gasteiger partial charge is 0.372 e. The molecule has 2 aliphatic rings. The average Bonchev–Trinajstić information content (AvgIpc) is 2.63. The van der Waals surface area contributed by atoms with Crippen molar-refractivity contribution in [2.75, 3.05) is 13.1 Å². The lowest BCUT2D eigenvalue weighted by atomic mass is 10.1. The lowest BCUT2D eigenvalue weighted by Gasteiger charge is -2.32. The van der Waals surface area contributed by atoms with Gasteiger partial charge in [0, 0.05) is 19.6 Å². The van der Waals surface area contributed by atoms with Gasteiger partial charge in [-0.05, 0) is 43.0 Å². The fourth-order valence-electron chi connectivity index (χ4n) is 2.88. The fourth-order valence-corrected chi connectivity index (χ4v) is 2.88. The van der Waals surface area contributed by atoms with Crippen molar-refractivity contribution in [1.82, 2.24) is 4.90 Å². The van der Waals surface area contributed by atoms with Gasteiger partial charge in [0.2, 0.25) is 0 Å². The highest BCUT2D eigenvalue weighted by atomic mass is 19.1. The molecule has 2 saturated heterocycles. The van der Waals surface area contributed by atoms with Crippen LogP contribution in [0.2, 0.25) is 0 Å². The first-order valence-electron chi connectivity index (χ1n) is 6.33. The highest BCUT2D eigenvalue weighted by Gasteiger charge is 2.33. The number of fused-ring (bicyclic) bond motifs is 2. The van der Waals surface area contributed by atoms with E-state index in [1.807, 2.05) is 13.0 Å². The fraction of sp³-hybridized carbons (Fsp3) is 0.571. The molecule has 2 atom stereocenters. The van der Waals surface area contributed by atoms with E-state index >= 15 is 0 Å². The van der Waals surface area contributed by atoms with E-state index < -0.39 is 0 Å². The van der Waals surface area contributed by atoms with E-state index in [-0.39, 0.29) is 5.82 Å². The summed E-state index contributed by atoms with van der Waals surface area (Å²) in [6.45, 7) is 4.88. The Kier molecular flexibility index (Phi) is 2.89. The summed E-state index contributed by atoms with van der Waals surface area (Å²) in [4.78, 5) is 2.40. The van der Waals surface area contributed by atoms with Gasteiger partial charge in [-0.1, -0.05) is 6.07 Å². The molecule has 3 heteroatoms. The van der Waals surface area contributed by atoms with Crippen LogP contribution in [0.25, 0.3) is 0 Å². The maximum Gasteiger partial charge on any atom is 0.123 e. The summed E-state index contributed by atoms with van der Waals surface area (Å²) in [5, 5.41) is 0. The van der Waals surface area contributed by atoms with Crippen molar-refractivity contribution in [2.45, 2.75) is 38.5 Å². The molecule has 1 aromatic rings. The van der Waals surface area contributed by atoms with E-state index in [9.17, 15) is 4.39 Å². The number of morpholine rings is 1. The molecule has 0 saturated carbocycles. The van der Waals surface area contributed by atoms with Crippen LogP contribution in [0.5, 0.6) is 0 Å². The van der Waals surface area contributed by atoms with E-state index in [0.717, 1.165) is 25.2 Å². The smallest absolute Gasteiger partial charge is 0.123 e. The first-order chi connectivity index (χ1) is 8.20. The molecule has 0 N–H and O–H groups in total. The minimum atomic E-state index is -0.137. The zero-order valence-corrected chi connectivity index (χ0v) is 10.2. The molecule has 92 valence electrons. The maximum atomic E-state index is 13.2. The van der Waals surface area contributed by atoms with E-state index in [1.165, 1.54) is 24.5 Å². The van der Waals surface area contributed by atoms with Gasteiger partial charge in [-0.2, -0.15) is 0 Å². The van der Waals surface area contributed by atoms with Crippen LogP contribution in [-0.2, 0) is 11.3 Å². The van der Waals surface area contributed by atoms with Gasteiger partial charge in [0.05, 0.1) is 12.2 Å². The Morgan fingerprint density at radius 2 is 2.00 bits per heavy atom. The molecular formula is C14H18FNO. The molecule has 2 bridgehead atoms. The quantitative estimate of drug-likeness (QED) is 0.781. The SMILES string of the molecule is Cc1ccc(F)cc1CN1C[C@H]2CC[C@@H](C1)O2. The number of rotatable bonds is 2. The normalized spacial score (nSPS) is 28.6. The molecule has 2 aliphatic heterocycles. The highest BCUT2D eigenvalue weighted by molar-refractivity contribution is 5.26. The van der Waals surface area contributed by atoms with Gasteiger partial charge in [0.1, 0.15) is 5.82 Å². The van der Waals surface area contributed by atoms with Gasteiger partial charge in [-0.25, -0.2) is 4.39 Å². The van der Waals surface area contributed by atoms with E-state index in [2.05, 4.69) is 4.90 Å². The predicted molar refractivity (Wildman–Crippen MR) is 64.3 cm³/mol. The summed E-state index contributed by atoms with van der Waals surface area (Å²) >= 11 is 0. The molecule has 17 heavy (non-hydrogen) atoms. The molecule has 1 aromatic carbocycles. The van der Waals surface area contributed by atoms with Crippen molar-refractivity contribution < 1.29 is 9.13 Å². The van der Waals surface area contributed by atoms with Crippen molar-refractivity contribution in [3.63, 3.8) is 0 Å². The van der Waals surface area contributed by atoms with E-state index in [1.54, 1.807) is 6.07 Å². The van der Waals surface area contributed by atoms with Gasteiger partial charge in [0.15, 0.2) is 0 Å². The van der Waals surface area contributed by atoms with Crippen LogP contribution in [0.4, 0.5) is 4.39 Å². The second-order valence-electron chi connectivity index (χ2n) is 5.22. The van der Waals surface area contributed by atoms with Crippen LogP contribution < -0.4 is 0 Å². The first-order valence-corrected chi connectivity index (χ1v) is 6.33. The van der Waals surface area contributed by atoms with Crippen LogP contribution in [0.3, 0.4) is 0 Å². The third kappa shape index (κ3) is 2.35. The standard InChI is InChI=1S/C14H18FNO/c1-10-2-3-12(15)6-11(10)7-16-8-13-4-5-14(9-16)17-13/h2-3,6,13-14H,4-5,7-9H2,1H3/t13-,14+. The third-order valence-electron chi connectivity index (χ3n) is 3.82. The molecular weight excluding hydrogens is 217 g/mol. The summed E-state index contributed by atoms with van der Waals surface area (Å²) in [7, 11) is 0. The van der Waals surface area contributed by atoms with Crippen molar-refractivity contribution in [2.24, 2.45) is 0 Å². The van der Waals surface area contributed by atoms with Gasteiger partial charge in [0.25, 0.3) is 0 Å². The number of likely N-dealkylation sites (tertiary alicyclic amines) is 1. The third-order valence-corrected chi connectivity index (χ3v) is 3.82. The molecule has 0 spiro atoms. The summed E-state index contributed by atoms with van der Waals surface area (Å²) in [5.74, 6) is -0.137. The Bertz CT molecular complexity index is 409.